The van der Waals surface area contributed by atoms with Gasteiger partial charge < -0.3 is 5.32 Å². The molecule has 1 amide bonds. The minimum Gasteiger partial charge on any atom is -0.325 e. The first-order valence-corrected chi connectivity index (χ1v) is 8.96. The zero-order valence-corrected chi connectivity index (χ0v) is 15.1. The predicted molar refractivity (Wildman–Crippen MR) is 97.6 cm³/mol. The molecule has 140 valence electrons. The van der Waals surface area contributed by atoms with Gasteiger partial charge in [-0.2, -0.15) is 13.2 Å². The van der Waals surface area contributed by atoms with E-state index in [9.17, 15) is 18.0 Å². The van der Waals surface area contributed by atoms with Crippen LogP contribution in [0.5, 0.6) is 0 Å². The van der Waals surface area contributed by atoms with Gasteiger partial charge in [0.15, 0.2) is 5.82 Å². The van der Waals surface area contributed by atoms with Crippen LogP contribution in [-0.2, 0) is 11.0 Å². The molecule has 0 bridgehead atoms. The lowest BCUT2D eigenvalue weighted by Crippen LogP contribution is -2.18. The molecule has 1 heterocycles. The van der Waals surface area contributed by atoms with E-state index in [0.717, 1.165) is 29.5 Å². The van der Waals surface area contributed by atoms with Crippen LogP contribution in [0.1, 0.15) is 5.56 Å². The molecular formula is C17H12ClF3N4OS. The van der Waals surface area contributed by atoms with Gasteiger partial charge in [-0.15, -0.1) is 5.10 Å². The van der Waals surface area contributed by atoms with Gasteiger partial charge >= 0.3 is 6.18 Å². The fourth-order valence-corrected chi connectivity index (χ4v) is 2.98. The molecule has 27 heavy (non-hydrogen) atoms. The summed E-state index contributed by atoms with van der Waals surface area (Å²) in [5.41, 5.74) is -0.521. The lowest BCUT2D eigenvalue weighted by Gasteiger charge is -2.13. The molecule has 0 unspecified atom stereocenters. The number of alkyl halides is 3. The molecular weight excluding hydrogens is 401 g/mol. The molecule has 3 aromatic rings. The van der Waals surface area contributed by atoms with Gasteiger partial charge in [-0.25, -0.2) is 4.98 Å². The van der Waals surface area contributed by atoms with E-state index in [0.29, 0.717) is 11.0 Å². The number of aromatic amines is 1. The number of carbonyl (C=O) groups is 1. The van der Waals surface area contributed by atoms with Gasteiger partial charge in [0.2, 0.25) is 11.1 Å². The Morgan fingerprint density at radius 2 is 1.93 bits per heavy atom. The third-order valence-corrected chi connectivity index (χ3v) is 4.49. The molecule has 2 aromatic carbocycles. The fourth-order valence-electron chi connectivity index (χ4n) is 2.21. The first-order valence-electron chi connectivity index (χ1n) is 7.60. The topological polar surface area (TPSA) is 70.7 Å². The van der Waals surface area contributed by atoms with Crippen LogP contribution in [0.4, 0.5) is 18.9 Å². The van der Waals surface area contributed by atoms with Crippen molar-refractivity contribution in [2.45, 2.75) is 11.3 Å². The molecule has 5 nitrogen and oxygen atoms in total. The van der Waals surface area contributed by atoms with E-state index in [1.165, 1.54) is 6.07 Å². The number of rotatable bonds is 5. The van der Waals surface area contributed by atoms with Crippen LogP contribution in [0.25, 0.3) is 11.4 Å². The van der Waals surface area contributed by atoms with Crippen LogP contribution in [0, 0.1) is 0 Å². The van der Waals surface area contributed by atoms with Gasteiger partial charge in [0, 0.05) is 10.6 Å². The van der Waals surface area contributed by atoms with E-state index in [1.807, 2.05) is 30.3 Å². The van der Waals surface area contributed by atoms with Crippen molar-refractivity contribution < 1.29 is 18.0 Å². The van der Waals surface area contributed by atoms with Crippen LogP contribution in [0.3, 0.4) is 0 Å². The Balaban J connectivity index is 1.64. The molecule has 0 aliphatic heterocycles. The highest BCUT2D eigenvalue weighted by atomic mass is 35.5. The molecule has 2 N–H and O–H groups in total. The van der Waals surface area contributed by atoms with E-state index < -0.39 is 17.6 Å². The minimum absolute atomic E-state index is 0.0659. The first-order chi connectivity index (χ1) is 12.8. The molecule has 10 heteroatoms. The van der Waals surface area contributed by atoms with Gasteiger partial charge in [-0.3, -0.25) is 9.89 Å². The molecule has 0 aliphatic rings. The average molecular weight is 413 g/mol. The molecule has 0 radical (unpaired) electrons. The van der Waals surface area contributed by atoms with E-state index in [-0.39, 0.29) is 16.5 Å². The molecule has 0 atom stereocenters. The molecule has 0 saturated carbocycles. The van der Waals surface area contributed by atoms with Gasteiger partial charge in [0.1, 0.15) is 0 Å². The summed E-state index contributed by atoms with van der Waals surface area (Å²) < 4.78 is 39.2. The van der Waals surface area contributed by atoms with Crippen LogP contribution in [0.15, 0.2) is 53.7 Å². The number of aromatic nitrogens is 3. The SMILES string of the molecule is O=C(CSc1n[nH]c(-c2ccccc2)n1)Nc1ccc(Cl)cc1C(F)(F)F. The summed E-state index contributed by atoms with van der Waals surface area (Å²) in [7, 11) is 0. The number of anilines is 1. The van der Waals surface area contributed by atoms with Crippen molar-refractivity contribution in [1.29, 1.82) is 0 Å². The van der Waals surface area contributed by atoms with E-state index in [1.54, 1.807) is 0 Å². The maximum atomic E-state index is 13.1. The van der Waals surface area contributed by atoms with Crippen molar-refractivity contribution in [1.82, 2.24) is 15.2 Å². The third-order valence-electron chi connectivity index (χ3n) is 3.41. The van der Waals surface area contributed by atoms with Crippen molar-refractivity contribution in [3.8, 4) is 11.4 Å². The average Bonchev–Trinajstić information content (AvgIpc) is 3.10. The van der Waals surface area contributed by atoms with Crippen molar-refractivity contribution >= 4 is 35.0 Å². The lowest BCUT2D eigenvalue weighted by atomic mass is 10.1. The van der Waals surface area contributed by atoms with Crippen LogP contribution >= 0.6 is 23.4 Å². The van der Waals surface area contributed by atoms with Gasteiger partial charge in [-0.1, -0.05) is 53.7 Å². The highest BCUT2D eigenvalue weighted by Gasteiger charge is 2.34. The molecule has 0 spiro atoms. The number of amides is 1. The fraction of sp³-hybridized carbons (Fsp3) is 0.118. The molecule has 1 aromatic heterocycles. The van der Waals surface area contributed by atoms with E-state index >= 15 is 0 Å². The number of H-pyrrole nitrogens is 1. The Hall–Kier alpha value is -2.52. The number of halogens is 4. The number of hydrogen-bond donors (Lipinski definition) is 2. The quantitative estimate of drug-likeness (QED) is 0.586. The number of nitrogens with one attached hydrogen (secondary N) is 2. The summed E-state index contributed by atoms with van der Waals surface area (Å²) in [6, 6.07) is 12.4. The zero-order valence-electron chi connectivity index (χ0n) is 13.5. The van der Waals surface area contributed by atoms with Gasteiger partial charge in [0.25, 0.3) is 0 Å². The number of thioether (sulfide) groups is 1. The smallest absolute Gasteiger partial charge is 0.325 e. The Morgan fingerprint density at radius 1 is 1.19 bits per heavy atom. The lowest BCUT2D eigenvalue weighted by molar-refractivity contribution is -0.137. The second kappa shape index (κ2) is 8.01. The maximum absolute atomic E-state index is 13.1. The summed E-state index contributed by atoms with van der Waals surface area (Å²) in [5.74, 6) is -0.221. The predicted octanol–water partition coefficient (Wildman–Crippen LogP) is 4.87. The Bertz CT molecular complexity index is 947. The monoisotopic (exact) mass is 412 g/mol. The largest absolute Gasteiger partial charge is 0.418 e. The van der Waals surface area contributed by atoms with Crippen LogP contribution in [-0.4, -0.2) is 26.8 Å². The molecule has 0 saturated heterocycles. The van der Waals surface area contributed by atoms with E-state index in [2.05, 4.69) is 20.5 Å². The van der Waals surface area contributed by atoms with Crippen LogP contribution < -0.4 is 5.32 Å². The van der Waals surface area contributed by atoms with Crippen LogP contribution in [0.2, 0.25) is 5.02 Å². The summed E-state index contributed by atoms with van der Waals surface area (Å²) in [6.07, 6.45) is -4.63. The number of nitrogens with zero attached hydrogens (tertiary/aromatic N) is 2. The van der Waals surface area contributed by atoms with Crippen molar-refractivity contribution in [2.24, 2.45) is 0 Å². The second-order valence-corrected chi connectivity index (χ2v) is 6.74. The summed E-state index contributed by atoms with van der Waals surface area (Å²) in [4.78, 5) is 16.3. The Labute approximate surface area is 161 Å². The van der Waals surface area contributed by atoms with Gasteiger partial charge in [0.05, 0.1) is 17.0 Å². The number of carbonyl (C=O) groups excluding carboxylic acids is 1. The Morgan fingerprint density at radius 3 is 2.63 bits per heavy atom. The number of hydrogen-bond acceptors (Lipinski definition) is 4. The standard InChI is InChI=1S/C17H12ClF3N4OS/c18-11-6-7-13(12(8-11)17(19,20)21)22-14(26)9-27-16-23-15(24-25-16)10-4-2-1-3-5-10/h1-8H,9H2,(H,22,26)(H,23,24,25). The summed E-state index contributed by atoms with van der Waals surface area (Å²) >= 11 is 6.62. The third kappa shape index (κ3) is 5.01. The highest BCUT2D eigenvalue weighted by molar-refractivity contribution is 7.99. The summed E-state index contributed by atoms with van der Waals surface area (Å²) in [6.45, 7) is 0. The second-order valence-electron chi connectivity index (χ2n) is 5.36. The maximum Gasteiger partial charge on any atom is 0.418 e. The van der Waals surface area contributed by atoms with Crippen molar-refractivity contribution in [3.05, 3.63) is 59.1 Å². The summed E-state index contributed by atoms with van der Waals surface area (Å²) in [5, 5.41) is 9.24. The van der Waals surface area contributed by atoms with E-state index in [4.69, 9.17) is 11.6 Å². The molecule has 3 rings (SSSR count). The molecule has 0 aliphatic carbocycles. The minimum atomic E-state index is -4.63. The Kier molecular flexibility index (Phi) is 5.71. The van der Waals surface area contributed by atoms with Crippen molar-refractivity contribution in [2.75, 3.05) is 11.1 Å². The zero-order chi connectivity index (χ0) is 19.4. The molecule has 0 fully saturated rings. The van der Waals surface area contributed by atoms with Crippen molar-refractivity contribution in [3.63, 3.8) is 0 Å². The van der Waals surface area contributed by atoms with Gasteiger partial charge in [-0.05, 0) is 18.2 Å². The normalized spacial score (nSPS) is 11.4. The highest BCUT2D eigenvalue weighted by Crippen LogP contribution is 2.36. The first kappa shape index (κ1) is 19.2. The number of benzene rings is 2.